The number of unbranched alkanes of at least 4 members (excludes halogenated alkanes) is 1. The van der Waals surface area contributed by atoms with Crippen molar-refractivity contribution in [2.75, 3.05) is 20.1 Å². The first-order valence-electron chi connectivity index (χ1n) is 13.9. The van der Waals surface area contributed by atoms with Crippen LogP contribution in [-0.2, 0) is 25.7 Å². The van der Waals surface area contributed by atoms with Crippen molar-refractivity contribution >= 4 is 18.3 Å². The summed E-state index contributed by atoms with van der Waals surface area (Å²) >= 11 is 0. The molecule has 43 heavy (non-hydrogen) atoms. The lowest BCUT2D eigenvalue weighted by Gasteiger charge is -2.25. The van der Waals surface area contributed by atoms with Gasteiger partial charge in [0, 0.05) is 31.3 Å². The third-order valence-corrected chi connectivity index (χ3v) is 6.84. The molecule has 0 aromatic heterocycles. The van der Waals surface area contributed by atoms with Crippen molar-refractivity contribution in [1.82, 2.24) is 15.5 Å². The zero-order chi connectivity index (χ0) is 30.9. The summed E-state index contributed by atoms with van der Waals surface area (Å²) in [5.41, 5.74) is 2.03. The Bertz CT molecular complexity index is 1320. The predicted molar refractivity (Wildman–Crippen MR) is 160 cm³/mol. The van der Waals surface area contributed by atoms with E-state index < -0.39 is 41.4 Å². The number of carbonyl (C=O) groups is 1. The number of amides is 1. The number of halogens is 6. The molecule has 0 aliphatic heterocycles. The summed E-state index contributed by atoms with van der Waals surface area (Å²) in [6.45, 7) is 5.50. The highest BCUT2D eigenvalue weighted by molar-refractivity contribution is 5.94. The largest absolute Gasteiger partial charge is 0.416 e. The summed E-state index contributed by atoms with van der Waals surface area (Å²) in [5, 5.41) is 16.7. The lowest BCUT2D eigenvalue weighted by molar-refractivity contribution is -0.137. The van der Waals surface area contributed by atoms with Crippen molar-refractivity contribution in [3.63, 3.8) is 0 Å². The minimum Gasteiger partial charge on any atom is -0.390 e. The van der Waals surface area contributed by atoms with Gasteiger partial charge < -0.3 is 20.6 Å². The van der Waals surface area contributed by atoms with Crippen LogP contribution >= 0.6 is 12.4 Å². The van der Waals surface area contributed by atoms with E-state index >= 15 is 0 Å². The van der Waals surface area contributed by atoms with Gasteiger partial charge >= 0.3 is 6.18 Å². The van der Waals surface area contributed by atoms with Crippen molar-refractivity contribution in [2.24, 2.45) is 0 Å². The lowest BCUT2D eigenvalue weighted by atomic mass is 9.99. The van der Waals surface area contributed by atoms with Crippen LogP contribution in [0.1, 0.15) is 57.9 Å². The normalized spacial score (nSPS) is 13.0. The Morgan fingerprint density at radius 3 is 2.33 bits per heavy atom. The predicted octanol–water partition coefficient (Wildman–Crippen LogP) is 6.44. The lowest BCUT2D eigenvalue weighted by Crippen LogP contribution is -2.48. The highest BCUT2D eigenvalue weighted by Gasteiger charge is 2.30. The molecule has 0 saturated carbocycles. The van der Waals surface area contributed by atoms with Crippen LogP contribution in [0.3, 0.4) is 0 Å². The number of hydrogen-bond acceptors (Lipinski definition) is 4. The molecule has 0 spiro atoms. The summed E-state index contributed by atoms with van der Waals surface area (Å²) in [7, 11) is 2.01. The van der Waals surface area contributed by atoms with Crippen LogP contribution < -0.4 is 10.6 Å². The molecular formula is C32H39ClF5N3O2. The Kier molecular flexibility index (Phi) is 14.0. The summed E-state index contributed by atoms with van der Waals surface area (Å²) in [4.78, 5) is 15.5. The molecule has 11 heteroatoms. The maximum Gasteiger partial charge on any atom is 0.416 e. The highest BCUT2D eigenvalue weighted by atomic mass is 35.5. The Morgan fingerprint density at radius 1 is 0.977 bits per heavy atom. The fourth-order valence-electron chi connectivity index (χ4n) is 4.79. The van der Waals surface area contributed by atoms with Gasteiger partial charge in [-0.3, -0.25) is 4.79 Å². The molecule has 0 bridgehead atoms. The van der Waals surface area contributed by atoms with Gasteiger partial charge in [-0.2, -0.15) is 13.2 Å². The molecule has 3 aromatic carbocycles. The van der Waals surface area contributed by atoms with Gasteiger partial charge in [-0.05, 0) is 80.4 Å². The molecule has 3 aromatic rings. The van der Waals surface area contributed by atoms with Gasteiger partial charge in [-0.15, -0.1) is 12.4 Å². The number of rotatable bonds is 14. The van der Waals surface area contributed by atoms with Crippen molar-refractivity contribution < 1.29 is 31.9 Å². The van der Waals surface area contributed by atoms with Gasteiger partial charge in [0.1, 0.15) is 11.6 Å². The fraction of sp³-hybridized carbons (Fsp3) is 0.406. The average molecular weight is 628 g/mol. The molecule has 3 N–H and O–H groups in total. The van der Waals surface area contributed by atoms with E-state index in [4.69, 9.17) is 0 Å². The molecule has 0 fully saturated rings. The van der Waals surface area contributed by atoms with Gasteiger partial charge in [0.25, 0.3) is 5.91 Å². The minimum atomic E-state index is -4.48. The molecule has 0 saturated heterocycles. The number of nitrogens with one attached hydrogen (secondary N) is 2. The van der Waals surface area contributed by atoms with Crippen molar-refractivity contribution in [2.45, 2.75) is 64.5 Å². The molecule has 0 heterocycles. The summed E-state index contributed by atoms with van der Waals surface area (Å²) in [5.74, 6) is -2.04. The second-order valence-electron chi connectivity index (χ2n) is 10.8. The van der Waals surface area contributed by atoms with E-state index in [1.54, 1.807) is 12.1 Å². The van der Waals surface area contributed by atoms with Gasteiger partial charge in [0.15, 0.2) is 0 Å². The first-order chi connectivity index (χ1) is 19.8. The molecule has 0 radical (unpaired) electrons. The molecule has 5 nitrogen and oxygen atoms in total. The number of aliphatic hydroxyl groups is 1. The zero-order valence-electron chi connectivity index (χ0n) is 24.5. The van der Waals surface area contributed by atoms with Crippen LogP contribution in [0.15, 0.2) is 60.7 Å². The maximum atomic E-state index is 13.9. The molecule has 0 aliphatic rings. The number of carbonyl (C=O) groups excluding carboxylic acids is 1. The first kappa shape index (κ1) is 36.1. The molecule has 0 unspecified atom stereocenters. The zero-order valence-corrected chi connectivity index (χ0v) is 25.3. The number of alkyl halides is 3. The Balaban J connectivity index is 0.00000645. The van der Waals surface area contributed by atoms with Gasteiger partial charge in [0.2, 0.25) is 0 Å². The standard InChI is InChI=1S/C32H38F5N3O2.ClH/c1-4-5-9-40(3)20-24-10-21(2)11-25(12-24)31(42)39-29(16-23-14-27(33)17-28(34)15-23)30(41)19-38-18-22-7-6-8-26(13-22)32(35,36)37;/h6-8,10-15,17,29-30,38,41H,4-5,9,16,18-20H2,1-3H3,(H,39,42);1H/t29-,30-;/m0./s1. The molecule has 0 aliphatic carbocycles. The smallest absolute Gasteiger partial charge is 0.390 e. The van der Waals surface area contributed by atoms with Crippen LogP contribution in [0.5, 0.6) is 0 Å². The Labute approximate surface area is 255 Å². The van der Waals surface area contributed by atoms with Crippen LogP contribution in [0.25, 0.3) is 0 Å². The fourth-order valence-corrected chi connectivity index (χ4v) is 4.79. The van der Waals surface area contributed by atoms with Crippen LogP contribution in [-0.4, -0.2) is 48.2 Å². The molecule has 236 valence electrons. The SMILES string of the molecule is CCCCN(C)Cc1cc(C)cc(C(=O)N[C@@H](Cc2cc(F)cc(F)c2)[C@@H](O)CNCc2cccc(C(F)(F)F)c2)c1.Cl. The van der Waals surface area contributed by atoms with Crippen LogP contribution in [0, 0.1) is 18.6 Å². The van der Waals surface area contributed by atoms with Gasteiger partial charge in [-0.25, -0.2) is 8.78 Å². The van der Waals surface area contributed by atoms with Gasteiger partial charge in [0.05, 0.1) is 17.7 Å². The molecule has 2 atom stereocenters. The second-order valence-corrected chi connectivity index (χ2v) is 10.8. The van der Waals surface area contributed by atoms with Crippen molar-refractivity contribution in [1.29, 1.82) is 0 Å². The quantitative estimate of drug-likeness (QED) is 0.180. The molecule has 1 amide bonds. The Morgan fingerprint density at radius 2 is 1.67 bits per heavy atom. The van der Waals surface area contributed by atoms with E-state index in [-0.39, 0.29) is 37.5 Å². The van der Waals surface area contributed by atoms with Crippen LogP contribution in [0.2, 0.25) is 0 Å². The summed E-state index contributed by atoms with van der Waals surface area (Å²) < 4.78 is 67.0. The third kappa shape index (κ3) is 11.9. The monoisotopic (exact) mass is 627 g/mol. The average Bonchev–Trinajstić information content (AvgIpc) is 2.90. The van der Waals surface area contributed by atoms with E-state index in [9.17, 15) is 31.9 Å². The molecular weight excluding hydrogens is 589 g/mol. The number of nitrogens with zero attached hydrogens (tertiary/aromatic N) is 1. The van der Waals surface area contributed by atoms with E-state index in [0.29, 0.717) is 17.7 Å². The summed E-state index contributed by atoms with van der Waals surface area (Å²) in [6.07, 6.45) is -3.66. The Hall–Kier alpha value is -3.05. The van der Waals surface area contributed by atoms with E-state index in [0.717, 1.165) is 60.8 Å². The van der Waals surface area contributed by atoms with Crippen molar-refractivity contribution in [3.05, 3.63) is 106 Å². The third-order valence-electron chi connectivity index (χ3n) is 6.84. The van der Waals surface area contributed by atoms with E-state index in [1.807, 2.05) is 20.0 Å². The maximum absolute atomic E-state index is 13.9. The van der Waals surface area contributed by atoms with Gasteiger partial charge in [-0.1, -0.05) is 43.2 Å². The number of benzene rings is 3. The second kappa shape index (κ2) is 16.7. The first-order valence-corrected chi connectivity index (χ1v) is 13.9. The topological polar surface area (TPSA) is 64.6 Å². The van der Waals surface area contributed by atoms with Crippen molar-refractivity contribution in [3.8, 4) is 0 Å². The number of hydrogen-bond donors (Lipinski definition) is 3. The van der Waals surface area contributed by atoms with E-state index in [2.05, 4.69) is 22.5 Å². The van der Waals surface area contributed by atoms with E-state index in [1.165, 1.54) is 12.1 Å². The highest BCUT2D eigenvalue weighted by Crippen LogP contribution is 2.29. The van der Waals surface area contributed by atoms with Crippen LogP contribution in [0.4, 0.5) is 22.0 Å². The number of aryl methyl sites for hydroxylation is 1. The minimum absolute atomic E-state index is 0. The number of aliphatic hydroxyl groups excluding tert-OH is 1. The molecule has 3 rings (SSSR count). The summed E-state index contributed by atoms with van der Waals surface area (Å²) in [6, 6.07) is 12.4.